The molecular weight excluding hydrogens is 342 g/mol. The van der Waals surface area contributed by atoms with E-state index in [9.17, 15) is 4.79 Å². The monoisotopic (exact) mass is 365 g/mol. The first-order valence-electron chi connectivity index (χ1n) is 9.36. The van der Waals surface area contributed by atoms with Gasteiger partial charge in [-0.3, -0.25) is 10.1 Å². The Hall–Kier alpha value is -2.86. The van der Waals surface area contributed by atoms with Gasteiger partial charge in [0.15, 0.2) is 0 Å². The Kier molecular flexibility index (Phi) is 5.07. The predicted molar refractivity (Wildman–Crippen MR) is 104 cm³/mol. The molecule has 1 saturated heterocycles. The highest BCUT2D eigenvalue weighted by Gasteiger charge is 2.19. The number of carbonyl (C=O) groups is 1. The lowest BCUT2D eigenvalue weighted by molar-refractivity contribution is 0.0673. The van der Waals surface area contributed by atoms with Crippen molar-refractivity contribution >= 4 is 22.9 Å². The number of aromatic nitrogens is 2. The molecule has 1 unspecified atom stereocenters. The van der Waals surface area contributed by atoms with Crippen LogP contribution in [0.25, 0.3) is 11.0 Å². The van der Waals surface area contributed by atoms with Gasteiger partial charge in [0.25, 0.3) is 5.91 Å². The van der Waals surface area contributed by atoms with E-state index in [0.29, 0.717) is 30.4 Å². The molecule has 6 nitrogen and oxygen atoms in total. The molecule has 0 radical (unpaired) electrons. The van der Waals surface area contributed by atoms with Gasteiger partial charge in [-0.25, -0.2) is 4.98 Å². The molecule has 1 amide bonds. The minimum absolute atomic E-state index is 0.102. The van der Waals surface area contributed by atoms with Crippen LogP contribution in [-0.2, 0) is 11.3 Å². The van der Waals surface area contributed by atoms with Crippen molar-refractivity contribution in [2.75, 3.05) is 18.5 Å². The third kappa shape index (κ3) is 3.66. The number of fused-ring (bicyclic) bond motifs is 1. The van der Waals surface area contributed by atoms with E-state index in [2.05, 4.69) is 10.3 Å². The second-order valence-corrected chi connectivity index (χ2v) is 6.56. The van der Waals surface area contributed by atoms with Crippen LogP contribution < -0.4 is 10.1 Å². The van der Waals surface area contributed by atoms with Gasteiger partial charge in [-0.15, -0.1) is 0 Å². The number of hydrogen-bond acceptors (Lipinski definition) is 4. The van der Waals surface area contributed by atoms with Crippen molar-refractivity contribution in [3.63, 3.8) is 0 Å². The molecule has 2 heterocycles. The summed E-state index contributed by atoms with van der Waals surface area (Å²) < 4.78 is 13.5. The molecule has 0 saturated carbocycles. The van der Waals surface area contributed by atoms with E-state index < -0.39 is 0 Å². The number of rotatable bonds is 6. The Labute approximate surface area is 158 Å². The van der Waals surface area contributed by atoms with Crippen LogP contribution >= 0.6 is 0 Å². The van der Waals surface area contributed by atoms with Gasteiger partial charge in [0.1, 0.15) is 12.4 Å². The van der Waals surface area contributed by atoms with Gasteiger partial charge in [0, 0.05) is 13.2 Å². The molecule has 1 aromatic heterocycles. The minimum atomic E-state index is -0.233. The molecule has 1 N–H and O–H groups in total. The number of carbonyl (C=O) groups excluding carboxylic acids is 1. The van der Waals surface area contributed by atoms with Gasteiger partial charge in [-0.2, -0.15) is 0 Å². The maximum Gasteiger partial charge on any atom is 0.261 e. The summed E-state index contributed by atoms with van der Waals surface area (Å²) in [7, 11) is 0. The van der Waals surface area contributed by atoms with E-state index in [1.165, 1.54) is 0 Å². The molecule has 0 bridgehead atoms. The number of nitrogens with zero attached hydrogens (tertiary/aromatic N) is 2. The number of ether oxygens (including phenoxy) is 2. The zero-order valence-electron chi connectivity index (χ0n) is 15.4. The average Bonchev–Trinajstić information content (AvgIpc) is 3.33. The van der Waals surface area contributed by atoms with Gasteiger partial charge in [0.2, 0.25) is 5.95 Å². The molecule has 3 aromatic rings. The van der Waals surface area contributed by atoms with Gasteiger partial charge >= 0.3 is 0 Å². The first-order chi connectivity index (χ1) is 13.3. The SMILES string of the molecule is CCn1c(NC(=O)c2ccccc2OCC2CCCO2)nc2ccccc21. The molecule has 4 rings (SSSR count). The van der Waals surface area contributed by atoms with E-state index in [0.717, 1.165) is 30.5 Å². The predicted octanol–water partition coefficient (Wildman–Crippen LogP) is 3.87. The van der Waals surface area contributed by atoms with Crippen molar-refractivity contribution in [3.05, 3.63) is 54.1 Å². The summed E-state index contributed by atoms with van der Waals surface area (Å²) >= 11 is 0. The Balaban J connectivity index is 1.55. The number of amides is 1. The number of nitrogens with one attached hydrogen (secondary N) is 1. The van der Waals surface area contributed by atoms with Crippen molar-refractivity contribution in [1.29, 1.82) is 0 Å². The van der Waals surface area contributed by atoms with Crippen molar-refractivity contribution in [2.45, 2.75) is 32.4 Å². The smallest absolute Gasteiger partial charge is 0.261 e. The second-order valence-electron chi connectivity index (χ2n) is 6.56. The van der Waals surface area contributed by atoms with Crippen molar-refractivity contribution in [2.24, 2.45) is 0 Å². The van der Waals surface area contributed by atoms with Crippen LogP contribution in [0.15, 0.2) is 48.5 Å². The van der Waals surface area contributed by atoms with Gasteiger partial charge in [-0.1, -0.05) is 24.3 Å². The van der Waals surface area contributed by atoms with Gasteiger partial charge in [0.05, 0.1) is 22.7 Å². The lowest BCUT2D eigenvalue weighted by Gasteiger charge is -2.14. The van der Waals surface area contributed by atoms with Crippen LogP contribution in [0.5, 0.6) is 5.75 Å². The van der Waals surface area contributed by atoms with E-state index in [1.54, 1.807) is 6.07 Å². The lowest BCUT2D eigenvalue weighted by atomic mass is 10.2. The molecule has 1 fully saturated rings. The number of hydrogen-bond donors (Lipinski definition) is 1. The molecule has 2 aromatic carbocycles. The number of benzene rings is 2. The quantitative estimate of drug-likeness (QED) is 0.720. The fourth-order valence-corrected chi connectivity index (χ4v) is 3.40. The summed E-state index contributed by atoms with van der Waals surface area (Å²) in [6.45, 7) is 3.98. The van der Waals surface area contributed by atoms with Gasteiger partial charge in [-0.05, 0) is 44.0 Å². The minimum Gasteiger partial charge on any atom is -0.490 e. The topological polar surface area (TPSA) is 65.4 Å². The summed E-state index contributed by atoms with van der Waals surface area (Å²) in [5, 5.41) is 2.94. The first-order valence-corrected chi connectivity index (χ1v) is 9.36. The Bertz CT molecular complexity index is 945. The highest BCUT2D eigenvalue weighted by atomic mass is 16.5. The summed E-state index contributed by atoms with van der Waals surface area (Å²) in [6, 6.07) is 15.1. The zero-order valence-corrected chi connectivity index (χ0v) is 15.4. The number of para-hydroxylation sites is 3. The normalized spacial score (nSPS) is 16.6. The molecule has 6 heteroatoms. The fourth-order valence-electron chi connectivity index (χ4n) is 3.40. The molecule has 27 heavy (non-hydrogen) atoms. The van der Waals surface area contributed by atoms with Gasteiger partial charge < -0.3 is 14.0 Å². The summed E-state index contributed by atoms with van der Waals surface area (Å²) in [6.07, 6.45) is 2.16. The number of anilines is 1. The zero-order chi connectivity index (χ0) is 18.6. The van der Waals surface area contributed by atoms with E-state index >= 15 is 0 Å². The molecule has 0 aliphatic carbocycles. The molecule has 0 spiro atoms. The average molecular weight is 365 g/mol. The highest BCUT2D eigenvalue weighted by molar-refractivity contribution is 6.06. The maximum absolute atomic E-state index is 12.9. The van der Waals surface area contributed by atoms with Crippen LogP contribution in [0, 0.1) is 0 Å². The van der Waals surface area contributed by atoms with Crippen LogP contribution in [0.2, 0.25) is 0 Å². The maximum atomic E-state index is 12.9. The number of aryl methyl sites for hydroxylation is 1. The highest BCUT2D eigenvalue weighted by Crippen LogP contribution is 2.23. The summed E-state index contributed by atoms with van der Waals surface area (Å²) in [5.74, 6) is 0.866. The molecule has 140 valence electrons. The summed E-state index contributed by atoms with van der Waals surface area (Å²) in [5.41, 5.74) is 2.35. The van der Waals surface area contributed by atoms with E-state index in [1.807, 2.05) is 54.0 Å². The lowest BCUT2D eigenvalue weighted by Crippen LogP contribution is -2.20. The van der Waals surface area contributed by atoms with Crippen LogP contribution in [0.3, 0.4) is 0 Å². The molecule has 1 aliphatic heterocycles. The van der Waals surface area contributed by atoms with Crippen LogP contribution in [0.1, 0.15) is 30.1 Å². The Morgan fingerprint density at radius 1 is 1.26 bits per heavy atom. The van der Waals surface area contributed by atoms with Crippen molar-refractivity contribution in [1.82, 2.24) is 9.55 Å². The third-order valence-corrected chi connectivity index (χ3v) is 4.78. The molecule has 1 atom stereocenters. The van der Waals surface area contributed by atoms with Crippen molar-refractivity contribution in [3.8, 4) is 5.75 Å². The first kappa shape index (κ1) is 17.5. The van der Waals surface area contributed by atoms with E-state index in [-0.39, 0.29) is 12.0 Å². The number of imidazole rings is 1. The fraction of sp³-hybridized carbons (Fsp3) is 0.333. The summed E-state index contributed by atoms with van der Waals surface area (Å²) in [4.78, 5) is 17.5. The van der Waals surface area contributed by atoms with Crippen LogP contribution in [0.4, 0.5) is 5.95 Å². The van der Waals surface area contributed by atoms with Crippen molar-refractivity contribution < 1.29 is 14.3 Å². The Morgan fingerprint density at radius 2 is 2.07 bits per heavy atom. The van der Waals surface area contributed by atoms with Crippen LogP contribution in [-0.4, -0.2) is 34.8 Å². The standard InChI is InChI=1S/C21H23N3O3/c1-2-24-18-11-5-4-10-17(18)22-21(24)23-20(25)16-9-3-6-12-19(16)27-14-15-8-7-13-26-15/h3-6,9-12,15H,2,7-8,13-14H2,1H3,(H,22,23,25). The molecule has 1 aliphatic rings. The van der Waals surface area contributed by atoms with E-state index in [4.69, 9.17) is 9.47 Å². The second kappa shape index (κ2) is 7.80. The third-order valence-electron chi connectivity index (χ3n) is 4.78. The molecular formula is C21H23N3O3. The Morgan fingerprint density at radius 3 is 2.89 bits per heavy atom. The largest absolute Gasteiger partial charge is 0.490 e.